The molecule has 0 radical (unpaired) electrons. The predicted octanol–water partition coefficient (Wildman–Crippen LogP) is 5.28. The minimum absolute atomic E-state index is 0.00333. The number of halogens is 4. The molecule has 0 atom stereocenters. The van der Waals surface area contributed by atoms with Crippen LogP contribution in [0, 0.1) is 23.3 Å². The molecule has 0 amide bonds. The number of anilines is 1. The number of ether oxygens (including phenoxy) is 4. The number of carbonyl (C=O) groups excluding carboxylic acids is 1. The lowest BCUT2D eigenvalue weighted by atomic mass is 10.1. The van der Waals surface area contributed by atoms with E-state index in [1.807, 2.05) is 7.05 Å². The molecule has 0 fully saturated rings. The van der Waals surface area contributed by atoms with Crippen LogP contribution in [0.3, 0.4) is 0 Å². The van der Waals surface area contributed by atoms with Gasteiger partial charge in [0, 0.05) is 48.1 Å². The molecular weight excluding hydrogens is 522 g/mol. The van der Waals surface area contributed by atoms with E-state index in [1.54, 1.807) is 12.1 Å². The highest BCUT2D eigenvalue weighted by Gasteiger charge is 2.17. The summed E-state index contributed by atoms with van der Waals surface area (Å²) in [6.07, 6.45) is 1.88. The standard InChI is InChI=1S/C19H19F2N3O3.C8H6F2O2/c1-23-5-6-26-18-10-15-12(9-17(18)25-2)16(3-4-24-15)27-19-13(20)7-11(22)8-14(19)21;1-12-8-3-7(10)6(9)2-5(8)4-11/h3-4,7-10,23H,5-6,22H2,1-2H3;2-4H,1H3. The summed E-state index contributed by atoms with van der Waals surface area (Å²) in [7, 11) is 4.60. The van der Waals surface area contributed by atoms with E-state index in [9.17, 15) is 22.4 Å². The van der Waals surface area contributed by atoms with E-state index in [0.717, 1.165) is 24.3 Å². The average Bonchev–Trinajstić information content (AvgIpc) is 2.92. The number of hydrogen-bond donors (Lipinski definition) is 2. The summed E-state index contributed by atoms with van der Waals surface area (Å²) in [6.45, 7) is 1.10. The molecular formula is C27H25F4N3O5. The Morgan fingerprint density at radius 1 is 0.872 bits per heavy atom. The summed E-state index contributed by atoms with van der Waals surface area (Å²) in [5.41, 5.74) is 5.94. The first-order chi connectivity index (χ1) is 18.7. The fourth-order valence-corrected chi connectivity index (χ4v) is 3.35. The molecule has 0 saturated carbocycles. The van der Waals surface area contributed by atoms with Crippen molar-refractivity contribution in [3.8, 4) is 28.7 Å². The van der Waals surface area contributed by atoms with Gasteiger partial charge in [0.25, 0.3) is 0 Å². The van der Waals surface area contributed by atoms with Crippen molar-refractivity contribution >= 4 is 22.9 Å². The van der Waals surface area contributed by atoms with Gasteiger partial charge in [0.2, 0.25) is 0 Å². The van der Waals surface area contributed by atoms with E-state index in [4.69, 9.17) is 19.9 Å². The van der Waals surface area contributed by atoms with Crippen LogP contribution in [0.4, 0.5) is 23.2 Å². The molecule has 3 N–H and O–H groups in total. The minimum atomic E-state index is -1.06. The lowest BCUT2D eigenvalue weighted by molar-refractivity contribution is 0.112. The van der Waals surface area contributed by atoms with Gasteiger partial charge in [0.1, 0.15) is 18.1 Å². The van der Waals surface area contributed by atoms with E-state index in [-0.39, 0.29) is 22.7 Å². The van der Waals surface area contributed by atoms with Crippen LogP contribution in [-0.2, 0) is 0 Å². The maximum absolute atomic E-state index is 14.1. The van der Waals surface area contributed by atoms with Gasteiger partial charge in [-0.15, -0.1) is 0 Å². The van der Waals surface area contributed by atoms with E-state index in [0.29, 0.717) is 41.8 Å². The smallest absolute Gasteiger partial charge is 0.198 e. The Bertz CT molecular complexity index is 1450. The van der Waals surface area contributed by atoms with E-state index in [1.165, 1.54) is 26.5 Å². The van der Waals surface area contributed by atoms with Crippen molar-refractivity contribution in [2.75, 3.05) is 40.2 Å². The van der Waals surface area contributed by atoms with Crippen LogP contribution < -0.4 is 30.0 Å². The summed E-state index contributed by atoms with van der Waals surface area (Å²) >= 11 is 0. The molecule has 0 unspecified atom stereocenters. The predicted molar refractivity (Wildman–Crippen MR) is 137 cm³/mol. The average molecular weight is 548 g/mol. The van der Waals surface area contributed by atoms with Gasteiger partial charge < -0.3 is 30.0 Å². The Balaban J connectivity index is 0.000000293. The molecule has 39 heavy (non-hydrogen) atoms. The van der Waals surface area contributed by atoms with Crippen LogP contribution in [-0.4, -0.2) is 45.7 Å². The first kappa shape index (κ1) is 29.0. The van der Waals surface area contributed by atoms with Crippen LogP contribution in [0.2, 0.25) is 0 Å². The van der Waals surface area contributed by atoms with Crippen LogP contribution in [0.1, 0.15) is 10.4 Å². The maximum Gasteiger partial charge on any atom is 0.198 e. The number of rotatable bonds is 9. The Morgan fingerprint density at radius 2 is 1.54 bits per heavy atom. The van der Waals surface area contributed by atoms with Gasteiger partial charge in [-0.25, -0.2) is 17.6 Å². The van der Waals surface area contributed by atoms with Gasteiger partial charge in [0.15, 0.2) is 46.8 Å². The molecule has 0 saturated heterocycles. The number of likely N-dealkylation sites (N-methyl/N-ethyl adjacent to an activating group) is 1. The zero-order valence-corrected chi connectivity index (χ0v) is 21.2. The molecule has 206 valence electrons. The second-order valence-electron chi connectivity index (χ2n) is 7.82. The Labute approximate surface area is 221 Å². The number of methoxy groups -OCH3 is 2. The van der Waals surface area contributed by atoms with Crippen molar-refractivity contribution < 1.29 is 41.3 Å². The number of nitrogen functional groups attached to an aromatic ring is 1. The third-order valence-electron chi connectivity index (χ3n) is 5.23. The number of aromatic nitrogens is 1. The topological polar surface area (TPSA) is 105 Å². The summed E-state index contributed by atoms with van der Waals surface area (Å²) < 4.78 is 74.3. The number of nitrogens with one attached hydrogen (secondary N) is 1. The molecule has 1 aromatic heterocycles. The second kappa shape index (κ2) is 13.3. The van der Waals surface area contributed by atoms with Crippen molar-refractivity contribution in [1.29, 1.82) is 0 Å². The van der Waals surface area contributed by atoms with Crippen molar-refractivity contribution in [2.45, 2.75) is 0 Å². The van der Waals surface area contributed by atoms with Gasteiger partial charge in [-0.2, -0.15) is 0 Å². The lowest BCUT2D eigenvalue weighted by Crippen LogP contribution is -2.16. The zero-order valence-electron chi connectivity index (χ0n) is 21.2. The number of aldehydes is 1. The van der Waals surface area contributed by atoms with Gasteiger partial charge in [-0.05, 0) is 25.2 Å². The first-order valence-corrected chi connectivity index (χ1v) is 11.4. The molecule has 4 rings (SSSR count). The fourth-order valence-electron chi connectivity index (χ4n) is 3.35. The number of hydrogen-bond acceptors (Lipinski definition) is 8. The van der Waals surface area contributed by atoms with Crippen LogP contribution >= 0.6 is 0 Å². The van der Waals surface area contributed by atoms with Gasteiger partial charge in [-0.3, -0.25) is 9.78 Å². The molecule has 4 aromatic rings. The number of carbonyl (C=O) groups is 1. The fraction of sp³-hybridized carbons (Fsp3) is 0.185. The highest BCUT2D eigenvalue weighted by Crippen LogP contribution is 2.38. The summed E-state index contributed by atoms with van der Waals surface area (Å²) in [5, 5.41) is 3.50. The molecule has 0 bridgehead atoms. The first-order valence-electron chi connectivity index (χ1n) is 11.4. The largest absolute Gasteiger partial charge is 0.496 e. The molecule has 0 aliphatic carbocycles. The van der Waals surface area contributed by atoms with Crippen molar-refractivity contribution in [3.05, 3.63) is 77.5 Å². The molecule has 12 heteroatoms. The highest BCUT2D eigenvalue weighted by molar-refractivity contribution is 5.88. The van der Waals surface area contributed by atoms with E-state index >= 15 is 0 Å². The van der Waals surface area contributed by atoms with Crippen molar-refractivity contribution in [3.63, 3.8) is 0 Å². The van der Waals surface area contributed by atoms with Gasteiger partial charge in [-0.1, -0.05) is 0 Å². The lowest BCUT2D eigenvalue weighted by Gasteiger charge is -2.14. The maximum atomic E-state index is 14.1. The Hall–Kier alpha value is -4.58. The van der Waals surface area contributed by atoms with Crippen molar-refractivity contribution in [2.24, 2.45) is 0 Å². The van der Waals surface area contributed by atoms with Gasteiger partial charge in [0.05, 0.1) is 25.3 Å². The third-order valence-corrected chi connectivity index (χ3v) is 5.23. The normalized spacial score (nSPS) is 10.4. The number of nitrogens with two attached hydrogens (primary N) is 1. The Morgan fingerprint density at radius 3 is 2.15 bits per heavy atom. The molecule has 8 nitrogen and oxygen atoms in total. The number of nitrogens with zero attached hydrogens (tertiary/aromatic N) is 1. The van der Waals surface area contributed by atoms with E-state index in [2.05, 4.69) is 15.0 Å². The van der Waals surface area contributed by atoms with Gasteiger partial charge >= 0.3 is 0 Å². The summed E-state index contributed by atoms with van der Waals surface area (Å²) in [5.74, 6) is -3.19. The number of fused-ring (bicyclic) bond motifs is 1. The molecule has 0 aliphatic rings. The monoisotopic (exact) mass is 547 g/mol. The van der Waals surface area contributed by atoms with E-state index < -0.39 is 29.0 Å². The SMILES string of the molecule is CNCCOc1cc2nccc(Oc3c(F)cc(N)cc3F)c2cc1OC.COc1cc(F)c(F)cc1C=O. The molecule has 0 spiro atoms. The second-order valence-corrected chi connectivity index (χ2v) is 7.82. The third kappa shape index (κ3) is 7.05. The zero-order chi connectivity index (χ0) is 28.5. The summed E-state index contributed by atoms with van der Waals surface area (Å²) in [4.78, 5) is 14.5. The van der Waals surface area contributed by atoms with Crippen LogP contribution in [0.25, 0.3) is 10.9 Å². The Kier molecular flexibility index (Phi) is 9.87. The number of pyridine rings is 1. The van der Waals surface area contributed by atoms with Crippen LogP contribution in [0.15, 0.2) is 48.7 Å². The quantitative estimate of drug-likeness (QED) is 0.126. The molecule has 3 aromatic carbocycles. The molecule has 0 aliphatic heterocycles. The minimum Gasteiger partial charge on any atom is -0.496 e. The highest BCUT2D eigenvalue weighted by atomic mass is 19.2. The van der Waals surface area contributed by atoms with Crippen LogP contribution in [0.5, 0.6) is 28.7 Å². The summed E-state index contributed by atoms with van der Waals surface area (Å²) in [6, 6.07) is 8.47. The molecule has 1 heterocycles. The number of benzene rings is 3. The van der Waals surface area contributed by atoms with Crippen molar-refractivity contribution in [1.82, 2.24) is 10.3 Å².